The number of hydrogen-bond acceptors (Lipinski definition) is 5. The van der Waals surface area contributed by atoms with E-state index in [0.29, 0.717) is 17.0 Å². The molecule has 0 saturated carbocycles. The summed E-state index contributed by atoms with van der Waals surface area (Å²) in [6.07, 6.45) is 1.15. The first-order chi connectivity index (χ1) is 9.72. The average molecular weight is 350 g/mol. The van der Waals surface area contributed by atoms with Crippen LogP contribution in [-0.2, 0) is 10.0 Å². The van der Waals surface area contributed by atoms with Crippen LogP contribution >= 0.6 is 23.2 Å². The molecule has 0 aliphatic carbocycles. The first-order valence-corrected chi connectivity index (χ1v) is 8.22. The summed E-state index contributed by atoms with van der Waals surface area (Å²) in [7, 11) is -3.78. The molecule has 2 heterocycles. The smallest absolute Gasteiger partial charge is 0.242 e. The van der Waals surface area contributed by atoms with Gasteiger partial charge < -0.3 is 4.52 Å². The molecule has 1 unspecified atom stereocenters. The topological polar surface area (TPSA) is 85.1 Å². The van der Waals surface area contributed by atoms with E-state index in [9.17, 15) is 8.42 Å². The van der Waals surface area contributed by atoms with Crippen LogP contribution in [0.25, 0.3) is 0 Å². The Hall–Kier alpha value is -1.15. The summed E-state index contributed by atoms with van der Waals surface area (Å²) in [5.41, 5.74) is 1.33. The predicted octanol–water partition coefficient (Wildman–Crippen LogP) is 3.03. The molecule has 2 aromatic heterocycles. The van der Waals surface area contributed by atoms with Gasteiger partial charge in [-0.05, 0) is 26.8 Å². The molecule has 0 aliphatic heterocycles. The molecule has 2 aromatic rings. The zero-order chi connectivity index (χ0) is 15.8. The van der Waals surface area contributed by atoms with Crippen molar-refractivity contribution in [1.29, 1.82) is 0 Å². The lowest BCUT2D eigenvalue weighted by atomic mass is 10.1. The van der Waals surface area contributed by atoms with Gasteiger partial charge in [-0.25, -0.2) is 18.1 Å². The van der Waals surface area contributed by atoms with Gasteiger partial charge in [0.2, 0.25) is 10.0 Å². The highest BCUT2D eigenvalue weighted by Crippen LogP contribution is 2.25. The lowest BCUT2D eigenvalue weighted by Gasteiger charge is -2.14. The monoisotopic (exact) mass is 349 g/mol. The van der Waals surface area contributed by atoms with Gasteiger partial charge in [-0.2, -0.15) is 0 Å². The van der Waals surface area contributed by atoms with E-state index in [1.807, 2.05) is 0 Å². The van der Waals surface area contributed by atoms with Crippen LogP contribution in [0.5, 0.6) is 0 Å². The van der Waals surface area contributed by atoms with Crippen LogP contribution < -0.4 is 4.72 Å². The summed E-state index contributed by atoms with van der Waals surface area (Å²) in [5, 5.41) is 3.93. The maximum Gasteiger partial charge on any atom is 0.242 e. The third kappa shape index (κ3) is 3.37. The summed E-state index contributed by atoms with van der Waals surface area (Å²) in [6.45, 7) is 5.17. The number of halogens is 2. The summed E-state index contributed by atoms with van der Waals surface area (Å²) >= 11 is 11.5. The Kier molecular flexibility index (Phi) is 4.57. The highest BCUT2D eigenvalue weighted by atomic mass is 35.5. The van der Waals surface area contributed by atoms with Crippen molar-refractivity contribution in [3.63, 3.8) is 0 Å². The van der Waals surface area contributed by atoms with Crippen LogP contribution in [0, 0.1) is 13.8 Å². The third-order valence-corrected chi connectivity index (χ3v) is 5.13. The van der Waals surface area contributed by atoms with Crippen LogP contribution in [0.2, 0.25) is 10.2 Å². The van der Waals surface area contributed by atoms with Crippen LogP contribution in [0.4, 0.5) is 0 Å². The molecule has 0 aliphatic rings. The fourth-order valence-electron chi connectivity index (χ4n) is 2.02. The molecule has 1 N–H and O–H groups in total. The van der Waals surface area contributed by atoms with Gasteiger partial charge >= 0.3 is 0 Å². The van der Waals surface area contributed by atoms with Gasteiger partial charge in [0.05, 0.1) is 10.7 Å². The van der Waals surface area contributed by atoms with Gasteiger partial charge in [0.25, 0.3) is 0 Å². The van der Waals surface area contributed by atoms with Crippen LogP contribution in [0.15, 0.2) is 21.7 Å². The van der Waals surface area contributed by atoms with Gasteiger partial charge in [-0.3, -0.25) is 0 Å². The fraction of sp³-hybridized carbons (Fsp3) is 0.333. The number of rotatable bonds is 4. The maximum atomic E-state index is 12.3. The molecule has 21 heavy (non-hydrogen) atoms. The molecular formula is C12H13Cl2N3O3S. The van der Waals surface area contributed by atoms with E-state index in [-0.39, 0.29) is 15.1 Å². The number of nitrogens with zero attached hydrogens (tertiary/aromatic N) is 2. The van der Waals surface area contributed by atoms with Gasteiger partial charge in [-0.15, -0.1) is 0 Å². The zero-order valence-electron chi connectivity index (χ0n) is 11.5. The summed E-state index contributed by atoms with van der Waals surface area (Å²) in [4.78, 5) is 3.67. The molecular weight excluding hydrogens is 337 g/mol. The van der Waals surface area contributed by atoms with Crippen LogP contribution in [0.1, 0.15) is 30.0 Å². The number of aromatic nitrogens is 2. The van der Waals surface area contributed by atoms with Crippen molar-refractivity contribution in [2.45, 2.75) is 31.7 Å². The zero-order valence-corrected chi connectivity index (χ0v) is 13.8. The highest BCUT2D eigenvalue weighted by Gasteiger charge is 2.23. The van der Waals surface area contributed by atoms with Gasteiger partial charge in [0.1, 0.15) is 15.8 Å². The maximum absolute atomic E-state index is 12.3. The number of hydrogen-bond donors (Lipinski definition) is 1. The molecule has 0 aromatic carbocycles. The minimum absolute atomic E-state index is 0.0504. The van der Waals surface area contributed by atoms with E-state index in [1.54, 1.807) is 20.8 Å². The van der Waals surface area contributed by atoms with Crippen molar-refractivity contribution in [2.24, 2.45) is 0 Å². The minimum atomic E-state index is -3.78. The molecule has 0 amide bonds. The highest BCUT2D eigenvalue weighted by molar-refractivity contribution is 7.89. The van der Waals surface area contributed by atoms with E-state index in [0.717, 1.165) is 6.20 Å². The molecule has 1 atom stereocenters. The number of sulfonamides is 1. The van der Waals surface area contributed by atoms with Crippen molar-refractivity contribution in [3.8, 4) is 0 Å². The molecule has 0 saturated heterocycles. The Bertz CT molecular complexity index is 755. The molecule has 2 rings (SSSR count). The Morgan fingerprint density at radius 3 is 2.52 bits per heavy atom. The minimum Gasteiger partial charge on any atom is -0.361 e. The van der Waals surface area contributed by atoms with Crippen molar-refractivity contribution >= 4 is 33.2 Å². The molecule has 6 nitrogen and oxygen atoms in total. The Labute approximate surface area is 132 Å². The lowest BCUT2D eigenvalue weighted by Crippen LogP contribution is -2.27. The van der Waals surface area contributed by atoms with Crippen molar-refractivity contribution in [3.05, 3.63) is 39.5 Å². The summed E-state index contributed by atoms with van der Waals surface area (Å²) in [6, 6.07) is 0.745. The SMILES string of the molecule is Cc1noc(C)c1C(C)NS(=O)(=O)c1cnc(Cl)c(Cl)c1. The van der Waals surface area contributed by atoms with Crippen molar-refractivity contribution in [1.82, 2.24) is 14.9 Å². The van der Waals surface area contributed by atoms with Crippen LogP contribution in [0.3, 0.4) is 0 Å². The Morgan fingerprint density at radius 2 is 2.00 bits per heavy atom. The Morgan fingerprint density at radius 1 is 1.33 bits per heavy atom. The van der Waals surface area contributed by atoms with Gasteiger partial charge in [0.15, 0.2) is 0 Å². The largest absolute Gasteiger partial charge is 0.361 e. The second kappa shape index (κ2) is 5.92. The molecule has 9 heteroatoms. The first kappa shape index (κ1) is 16.2. The molecule has 0 fully saturated rings. The van der Waals surface area contributed by atoms with E-state index >= 15 is 0 Å². The molecule has 0 radical (unpaired) electrons. The number of pyridine rings is 1. The average Bonchev–Trinajstić information content (AvgIpc) is 2.71. The molecule has 114 valence electrons. The lowest BCUT2D eigenvalue weighted by molar-refractivity contribution is 0.391. The van der Waals surface area contributed by atoms with Gasteiger partial charge in [-0.1, -0.05) is 28.4 Å². The Balaban J connectivity index is 2.31. The predicted molar refractivity (Wildman–Crippen MR) is 79.0 cm³/mol. The quantitative estimate of drug-likeness (QED) is 0.857. The van der Waals surface area contributed by atoms with E-state index < -0.39 is 16.1 Å². The standard InChI is InChI=1S/C12H13Cl2N3O3S/c1-6-11(8(3)20-16-6)7(2)17-21(18,19)9-4-10(13)12(14)15-5-9/h4-5,7,17H,1-3H3. The summed E-state index contributed by atoms with van der Waals surface area (Å²) < 4.78 is 32.2. The van der Waals surface area contributed by atoms with Crippen molar-refractivity contribution < 1.29 is 12.9 Å². The second-order valence-electron chi connectivity index (χ2n) is 4.52. The van der Waals surface area contributed by atoms with Crippen molar-refractivity contribution in [2.75, 3.05) is 0 Å². The third-order valence-electron chi connectivity index (χ3n) is 2.94. The second-order valence-corrected chi connectivity index (χ2v) is 7.00. The van der Waals surface area contributed by atoms with Crippen LogP contribution in [-0.4, -0.2) is 18.6 Å². The fourth-order valence-corrected chi connectivity index (χ4v) is 3.54. The molecule has 0 spiro atoms. The first-order valence-electron chi connectivity index (χ1n) is 5.98. The number of aryl methyl sites for hydroxylation is 2. The summed E-state index contributed by atoms with van der Waals surface area (Å²) in [5.74, 6) is 0.565. The van der Waals surface area contributed by atoms with E-state index in [1.165, 1.54) is 6.07 Å². The van der Waals surface area contributed by atoms with E-state index in [4.69, 9.17) is 27.7 Å². The number of nitrogens with one attached hydrogen (secondary N) is 1. The van der Waals surface area contributed by atoms with E-state index in [2.05, 4.69) is 14.9 Å². The molecule has 0 bridgehead atoms. The van der Waals surface area contributed by atoms with Gasteiger partial charge in [0, 0.05) is 17.8 Å². The normalized spacial score (nSPS) is 13.4.